The highest BCUT2D eigenvalue weighted by Crippen LogP contribution is 2.41. The van der Waals surface area contributed by atoms with Crippen molar-refractivity contribution in [2.75, 3.05) is 5.32 Å². The van der Waals surface area contributed by atoms with E-state index in [4.69, 9.17) is 0 Å². The van der Waals surface area contributed by atoms with E-state index in [-0.39, 0.29) is 11.8 Å². The van der Waals surface area contributed by atoms with Crippen LogP contribution in [0.5, 0.6) is 0 Å². The molecule has 24 heavy (non-hydrogen) atoms. The van der Waals surface area contributed by atoms with Gasteiger partial charge in [0.25, 0.3) is 0 Å². The molecule has 2 heterocycles. The van der Waals surface area contributed by atoms with E-state index in [1.54, 1.807) is 0 Å². The summed E-state index contributed by atoms with van der Waals surface area (Å²) in [5, 5.41) is 7.90. The molecule has 2 atom stereocenters. The van der Waals surface area contributed by atoms with Crippen molar-refractivity contribution in [3.8, 4) is 0 Å². The van der Waals surface area contributed by atoms with Crippen LogP contribution in [-0.4, -0.2) is 20.5 Å². The summed E-state index contributed by atoms with van der Waals surface area (Å²) in [6.45, 7) is 6.15. The summed E-state index contributed by atoms with van der Waals surface area (Å²) in [7, 11) is 0. The highest BCUT2D eigenvalue weighted by atomic mass is 16.1. The second-order valence-corrected chi connectivity index (χ2v) is 6.88. The van der Waals surface area contributed by atoms with Crippen molar-refractivity contribution in [2.24, 2.45) is 5.92 Å². The van der Waals surface area contributed by atoms with Gasteiger partial charge in [0.2, 0.25) is 5.95 Å². The molecule has 1 aromatic heterocycles. The van der Waals surface area contributed by atoms with Gasteiger partial charge in [-0.05, 0) is 36.8 Å². The summed E-state index contributed by atoms with van der Waals surface area (Å²) in [5.41, 5.74) is 4.26. The Balaban J connectivity index is 1.87. The average molecular weight is 322 g/mol. The fourth-order valence-corrected chi connectivity index (χ4v) is 3.76. The third kappa shape index (κ3) is 2.35. The number of benzene rings is 1. The van der Waals surface area contributed by atoms with Crippen molar-refractivity contribution in [1.29, 1.82) is 0 Å². The van der Waals surface area contributed by atoms with Crippen LogP contribution >= 0.6 is 0 Å². The molecule has 1 aromatic carbocycles. The van der Waals surface area contributed by atoms with Crippen molar-refractivity contribution < 1.29 is 4.79 Å². The van der Waals surface area contributed by atoms with Gasteiger partial charge in [0.05, 0.1) is 0 Å². The van der Waals surface area contributed by atoms with Gasteiger partial charge in [0, 0.05) is 17.7 Å². The van der Waals surface area contributed by atoms with E-state index in [1.165, 1.54) is 5.56 Å². The third-order valence-electron chi connectivity index (χ3n) is 4.93. The lowest BCUT2D eigenvalue weighted by atomic mass is 9.81. The second kappa shape index (κ2) is 5.58. The second-order valence-electron chi connectivity index (χ2n) is 6.88. The largest absolute Gasteiger partial charge is 0.328 e. The molecule has 0 saturated heterocycles. The molecular weight excluding hydrogens is 300 g/mol. The van der Waals surface area contributed by atoms with E-state index in [1.807, 2.05) is 11.6 Å². The SMILES string of the molecule is CCc1ccc(C2C3=C(CC(C)CC3=O)Nc3nc(C)nn32)cc1. The average Bonchev–Trinajstić information content (AvgIpc) is 2.92. The summed E-state index contributed by atoms with van der Waals surface area (Å²) < 4.78 is 1.86. The summed E-state index contributed by atoms with van der Waals surface area (Å²) in [5.74, 6) is 2.03. The Kier molecular flexibility index (Phi) is 3.52. The predicted octanol–water partition coefficient (Wildman–Crippen LogP) is 3.42. The van der Waals surface area contributed by atoms with Gasteiger partial charge in [0.15, 0.2) is 5.78 Å². The van der Waals surface area contributed by atoms with Gasteiger partial charge in [-0.1, -0.05) is 38.1 Å². The lowest BCUT2D eigenvalue weighted by Gasteiger charge is -2.34. The molecule has 2 aromatic rings. The van der Waals surface area contributed by atoms with Crippen LogP contribution in [-0.2, 0) is 11.2 Å². The Labute approximate surface area is 141 Å². The first-order valence-electron chi connectivity index (χ1n) is 8.62. The lowest BCUT2D eigenvalue weighted by Crippen LogP contribution is -2.33. The molecule has 2 unspecified atom stereocenters. The summed E-state index contributed by atoms with van der Waals surface area (Å²) >= 11 is 0. The van der Waals surface area contributed by atoms with Crippen LogP contribution in [0.2, 0.25) is 0 Å². The zero-order valence-electron chi connectivity index (χ0n) is 14.3. The Hall–Kier alpha value is -2.43. The Morgan fingerprint density at radius 2 is 2.00 bits per heavy atom. The number of carbonyl (C=O) groups is 1. The van der Waals surface area contributed by atoms with Gasteiger partial charge >= 0.3 is 0 Å². The van der Waals surface area contributed by atoms with Gasteiger partial charge in [0.1, 0.15) is 11.9 Å². The molecule has 5 heteroatoms. The van der Waals surface area contributed by atoms with Crippen LogP contribution in [0, 0.1) is 12.8 Å². The van der Waals surface area contributed by atoms with Crippen molar-refractivity contribution in [3.05, 3.63) is 52.5 Å². The topological polar surface area (TPSA) is 59.8 Å². The maximum Gasteiger partial charge on any atom is 0.226 e. The summed E-state index contributed by atoms with van der Waals surface area (Å²) in [6.07, 6.45) is 2.49. The number of fused-ring (bicyclic) bond motifs is 1. The fourth-order valence-electron chi connectivity index (χ4n) is 3.76. The van der Waals surface area contributed by atoms with Gasteiger partial charge in [-0.3, -0.25) is 4.79 Å². The molecule has 1 N–H and O–H groups in total. The van der Waals surface area contributed by atoms with Gasteiger partial charge in [-0.2, -0.15) is 10.1 Å². The van der Waals surface area contributed by atoms with Gasteiger partial charge < -0.3 is 5.32 Å². The first-order chi connectivity index (χ1) is 11.6. The number of ketones is 1. The number of aromatic nitrogens is 3. The monoisotopic (exact) mass is 322 g/mol. The number of nitrogens with zero attached hydrogens (tertiary/aromatic N) is 3. The van der Waals surface area contributed by atoms with Crippen LogP contribution in [0.4, 0.5) is 5.95 Å². The first-order valence-corrected chi connectivity index (χ1v) is 8.62. The molecule has 0 spiro atoms. The number of allylic oxidation sites excluding steroid dienone is 2. The number of Topliss-reactive ketones (excluding diaryl/α,β-unsaturated/α-hetero) is 1. The van der Waals surface area contributed by atoms with E-state index >= 15 is 0 Å². The molecule has 5 nitrogen and oxygen atoms in total. The smallest absolute Gasteiger partial charge is 0.226 e. The number of hydrogen-bond donors (Lipinski definition) is 1. The third-order valence-corrected chi connectivity index (χ3v) is 4.93. The maximum absolute atomic E-state index is 12.8. The minimum absolute atomic E-state index is 0.177. The van der Waals surface area contributed by atoms with E-state index < -0.39 is 0 Å². The summed E-state index contributed by atoms with van der Waals surface area (Å²) in [4.78, 5) is 17.3. The minimum Gasteiger partial charge on any atom is -0.328 e. The van der Waals surface area contributed by atoms with Gasteiger partial charge in [-0.15, -0.1) is 0 Å². The molecule has 0 radical (unpaired) electrons. The van der Waals surface area contributed by atoms with Crippen molar-refractivity contribution in [3.63, 3.8) is 0 Å². The molecule has 4 rings (SSSR count). The standard InChI is InChI=1S/C19H22N4O/c1-4-13-5-7-14(8-6-13)18-17-15(9-11(2)10-16(17)24)21-19-20-12(3)22-23(18)19/h5-8,11,18H,4,9-10H2,1-3H3,(H,20,21,22). The van der Waals surface area contributed by atoms with Crippen LogP contribution in [0.3, 0.4) is 0 Å². The van der Waals surface area contributed by atoms with E-state index in [2.05, 4.69) is 53.5 Å². The molecule has 2 aliphatic rings. The first kappa shape index (κ1) is 15.1. The molecule has 124 valence electrons. The number of hydrogen-bond acceptors (Lipinski definition) is 4. The van der Waals surface area contributed by atoms with Crippen LogP contribution in [0.1, 0.15) is 49.7 Å². The molecule has 0 bridgehead atoms. The molecule has 0 amide bonds. The Bertz CT molecular complexity index is 832. The molecule has 1 aliphatic heterocycles. The highest BCUT2D eigenvalue weighted by Gasteiger charge is 2.38. The number of rotatable bonds is 2. The maximum atomic E-state index is 12.8. The van der Waals surface area contributed by atoms with E-state index in [0.29, 0.717) is 18.2 Å². The zero-order chi connectivity index (χ0) is 16.8. The number of aryl methyl sites for hydroxylation is 2. The fraction of sp³-hybridized carbons (Fsp3) is 0.421. The van der Waals surface area contributed by atoms with Crippen molar-refractivity contribution in [1.82, 2.24) is 14.8 Å². The van der Waals surface area contributed by atoms with Crippen LogP contribution < -0.4 is 5.32 Å². The Morgan fingerprint density at radius 1 is 1.25 bits per heavy atom. The zero-order valence-corrected chi connectivity index (χ0v) is 14.3. The molecular formula is C19H22N4O. The van der Waals surface area contributed by atoms with Gasteiger partial charge in [-0.25, -0.2) is 4.68 Å². The molecule has 0 saturated carbocycles. The van der Waals surface area contributed by atoms with Crippen LogP contribution in [0.25, 0.3) is 0 Å². The number of carbonyl (C=O) groups excluding carboxylic acids is 1. The lowest BCUT2D eigenvalue weighted by molar-refractivity contribution is -0.117. The van der Waals surface area contributed by atoms with E-state index in [0.717, 1.165) is 35.6 Å². The Morgan fingerprint density at radius 3 is 2.71 bits per heavy atom. The highest BCUT2D eigenvalue weighted by molar-refractivity contribution is 5.99. The quantitative estimate of drug-likeness (QED) is 0.920. The number of nitrogens with one attached hydrogen (secondary N) is 1. The van der Waals surface area contributed by atoms with Crippen molar-refractivity contribution in [2.45, 2.75) is 46.1 Å². The van der Waals surface area contributed by atoms with E-state index in [9.17, 15) is 4.79 Å². The molecule has 0 fully saturated rings. The van der Waals surface area contributed by atoms with Crippen LogP contribution in [0.15, 0.2) is 35.5 Å². The summed E-state index contributed by atoms with van der Waals surface area (Å²) in [6, 6.07) is 8.33. The van der Waals surface area contributed by atoms with Crippen molar-refractivity contribution >= 4 is 11.7 Å². The molecule has 1 aliphatic carbocycles. The number of anilines is 1. The minimum atomic E-state index is -0.177. The normalized spacial score (nSPS) is 22.9. The predicted molar refractivity (Wildman–Crippen MR) is 92.8 cm³/mol.